The van der Waals surface area contributed by atoms with E-state index < -0.39 is 41.9 Å². The van der Waals surface area contributed by atoms with Gasteiger partial charge in [-0.05, 0) is 32.3 Å². The standard InChI is InChI=1S/C22H17F6N3O4/c1-10(14-6-17-18(7-15(14)23)35-22(27,28)34-17)33-12-5-11(8-29-9-12)31-19-13(3-2-4-16(19)32)20(30-31)21(24,25)26/h5-10,16,32H,2-4H2,1H3/t10-,16+/m0/s1. The Morgan fingerprint density at radius 3 is 2.60 bits per heavy atom. The quantitative estimate of drug-likeness (QED) is 0.492. The number of rotatable bonds is 4. The number of aliphatic hydroxyl groups excluding tert-OH is 1. The van der Waals surface area contributed by atoms with Crippen molar-refractivity contribution < 1.29 is 45.7 Å². The molecule has 13 heteroatoms. The number of fused-ring (bicyclic) bond motifs is 2. The van der Waals surface area contributed by atoms with Crippen LogP contribution in [0.4, 0.5) is 26.3 Å². The summed E-state index contributed by atoms with van der Waals surface area (Å²) in [7, 11) is 0. The van der Waals surface area contributed by atoms with Crippen LogP contribution in [0.3, 0.4) is 0 Å². The van der Waals surface area contributed by atoms with Crippen molar-refractivity contribution in [1.82, 2.24) is 14.8 Å². The molecule has 7 nitrogen and oxygen atoms in total. The first-order valence-corrected chi connectivity index (χ1v) is 10.5. The number of hydrogen-bond donors (Lipinski definition) is 1. The third-order valence-corrected chi connectivity index (χ3v) is 5.73. The number of halogens is 6. The molecule has 0 bridgehead atoms. The molecular weight excluding hydrogens is 484 g/mol. The van der Waals surface area contributed by atoms with Crippen LogP contribution in [0.5, 0.6) is 17.2 Å². The topological polar surface area (TPSA) is 78.6 Å². The van der Waals surface area contributed by atoms with Gasteiger partial charge in [-0.25, -0.2) is 9.07 Å². The normalized spacial score (nSPS) is 19.4. The minimum Gasteiger partial charge on any atom is -0.484 e. The number of pyridine rings is 1. The van der Waals surface area contributed by atoms with Crippen LogP contribution in [0.15, 0.2) is 30.6 Å². The molecule has 0 unspecified atom stereocenters. The molecule has 5 rings (SSSR count). The number of ether oxygens (including phenoxy) is 3. The van der Waals surface area contributed by atoms with Crippen LogP contribution < -0.4 is 14.2 Å². The predicted octanol–water partition coefficient (Wildman–Crippen LogP) is 5.26. The van der Waals surface area contributed by atoms with E-state index >= 15 is 0 Å². The van der Waals surface area contributed by atoms with Crippen LogP contribution in [0.25, 0.3) is 5.69 Å². The molecule has 0 spiro atoms. The fraction of sp³-hybridized carbons (Fsp3) is 0.364. The highest BCUT2D eigenvalue weighted by atomic mass is 19.4. The van der Waals surface area contributed by atoms with Crippen LogP contribution in [0, 0.1) is 5.82 Å². The summed E-state index contributed by atoms with van der Waals surface area (Å²) < 4.78 is 96.9. The first-order chi connectivity index (χ1) is 16.4. The molecular formula is C22H17F6N3O4. The lowest BCUT2D eigenvalue weighted by molar-refractivity contribution is -0.286. The zero-order valence-electron chi connectivity index (χ0n) is 17.9. The number of hydrogen-bond acceptors (Lipinski definition) is 6. The molecule has 3 heterocycles. The van der Waals surface area contributed by atoms with Gasteiger partial charge in [0.1, 0.15) is 17.7 Å². The first kappa shape index (κ1) is 23.3. The van der Waals surface area contributed by atoms with Gasteiger partial charge in [0, 0.05) is 23.3 Å². The van der Waals surface area contributed by atoms with E-state index in [4.69, 9.17) is 4.74 Å². The van der Waals surface area contributed by atoms with Gasteiger partial charge in [0.25, 0.3) is 0 Å². The van der Waals surface area contributed by atoms with E-state index in [0.717, 1.165) is 16.8 Å². The summed E-state index contributed by atoms with van der Waals surface area (Å²) in [5.74, 6) is -1.68. The molecule has 0 amide bonds. The fourth-order valence-electron chi connectivity index (χ4n) is 4.24. The second-order valence-electron chi connectivity index (χ2n) is 8.16. The van der Waals surface area contributed by atoms with Crippen molar-refractivity contribution in [1.29, 1.82) is 0 Å². The lowest BCUT2D eigenvalue weighted by atomic mass is 9.93. The molecule has 2 aromatic heterocycles. The monoisotopic (exact) mass is 501 g/mol. The van der Waals surface area contributed by atoms with Crippen LogP contribution >= 0.6 is 0 Å². The Bertz CT molecular complexity index is 1290. The molecule has 35 heavy (non-hydrogen) atoms. The third-order valence-electron chi connectivity index (χ3n) is 5.73. The van der Waals surface area contributed by atoms with Crippen molar-refractivity contribution in [3.8, 4) is 22.9 Å². The van der Waals surface area contributed by atoms with E-state index in [1.165, 1.54) is 25.4 Å². The molecule has 0 saturated carbocycles. The molecule has 1 aromatic carbocycles. The van der Waals surface area contributed by atoms with Gasteiger partial charge in [-0.1, -0.05) is 0 Å². The molecule has 186 valence electrons. The zero-order chi connectivity index (χ0) is 25.1. The van der Waals surface area contributed by atoms with Crippen molar-refractivity contribution in [2.24, 2.45) is 0 Å². The van der Waals surface area contributed by atoms with Crippen molar-refractivity contribution in [2.75, 3.05) is 0 Å². The van der Waals surface area contributed by atoms with E-state index in [1.807, 2.05) is 0 Å². The molecule has 1 aliphatic heterocycles. The van der Waals surface area contributed by atoms with Crippen molar-refractivity contribution in [2.45, 2.75) is 50.9 Å². The van der Waals surface area contributed by atoms with E-state index in [0.29, 0.717) is 6.42 Å². The van der Waals surface area contributed by atoms with Crippen molar-refractivity contribution in [3.05, 3.63) is 58.9 Å². The number of aliphatic hydroxyl groups is 1. The second kappa shape index (κ2) is 8.04. The van der Waals surface area contributed by atoms with Gasteiger partial charge in [-0.3, -0.25) is 4.98 Å². The van der Waals surface area contributed by atoms with E-state index in [9.17, 15) is 31.4 Å². The van der Waals surface area contributed by atoms with Gasteiger partial charge in [-0.15, -0.1) is 8.78 Å². The smallest absolute Gasteiger partial charge is 0.484 e. The summed E-state index contributed by atoms with van der Waals surface area (Å²) in [5, 5.41) is 14.1. The highest BCUT2D eigenvalue weighted by Gasteiger charge is 2.44. The Labute approximate surface area is 193 Å². The van der Waals surface area contributed by atoms with E-state index in [2.05, 4.69) is 19.6 Å². The van der Waals surface area contributed by atoms with Crippen LogP contribution in [0.1, 0.15) is 54.5 Å². The van der Waals surface area contributed by atoms with Crippen LogP contribution in [-0.2, 0) is 12.6 Å². The number of aromatic nitrogens is 3. The Morgan fingerprint density at radius 2 is 1.89 bits per heavy atom. The molecule has 3 aromatic rings. The minimum atomic E-state index is -4.71. The Morgan fingerprint density at radius 1 is 1.17 bits per heavy atom. The summed E-state index contributed by atoms with van der Waals surface area (Å²) in [6.45, 7) is 1.44. The van der Waals surface area contributed by atoms with Gasteiger partial charge >= 0.3 is 12.5 Å². The SMILES string of the molecule is C[C@H](Oc1cncc(-n2nc(C(F)(F)F)c3c2[C@H](O)CCC3)c1)c1cc2c(cc1F)OC(F)(F)O2. The number of nitrogens with zero attached hydrogens (tertiary/aromatic N) is 3. The van der Waals surface area contributed by atoms with Crippen LogP contribution in [0.2, 0.25) is 0 Å². The Balaban J connectivity index is 1.46. The maximum absolute atomic E-state index is 14.5. The average molecular weight is 501 g/mol. The zero-order valence-corrected chi connectivity index (χ0v) is 17.9. The summed E-state index contributed by atoms with van der Waals surface area (Å²) in [4.78, 5) is 3.97. The van der Waals surface area contributed by atoms with Gasteiger partial charge in [-0.2, -0.15) is 18.3 Å². The molecule has 0 radical (unpaired) electrons. The minimum absolute atomic E-state index is 0.0262. The molecule has 2 atom stereocenters. The lowest BCUT2D eigenvalue weighted by Gasteiger charge is -2.20. The first-order valence-electron chi connectivity index (χ1n) is 10.5. The lowest BCUT2D eigenvalue weighted by Crippen LogP contribution is -2.25. The summed E-state index contributed by atoms with van der Waals surface area (Å²) in [5.41, 5.74) is -1.16. The molecule has 1 aliphatic carbocycles. The second-order valence-corrected chi connectivity index (χ2v) is 8.16. The summed E-state index contributed by atoms with van der Waals surface area (Å²) in [6, 6.07) is 3.09. The molecule has 1 N–H and O–H groups in total. The largest absolute Gasteiger partial charge is 0.586 e. The van der Waals surface area contributed by atoms with E-state index in [1.54, 1.807) is 0 Å². The Kier molecular flexibility index (Phi) is 5.34. The van der Waals surface area contributed by atoms with Crippen molar-refractivity contribution >= 4 is 0 Å². The van der Waals surface area contributed by atoms with Gasteiger partial charge < -0.3 is 19.3 Å². The highest BCUT2D eigenvalue weighted by molar-refractivity contribution is 5.47. The molecule has 0 saturated heterocycles. The predicted molar refractivity (Wildman–Crippen MR) is 106 cm³/mol. The molecule has 2 aliphatic rings. The number of alkyl halides is 5. The highest BCUT2D eigenvalue weighted by Crippen LogP contribution is 2.44. The van der Waals surface area contributed by atoms with Gasteiger partial charge in [0.05, 0.1) is 29.9 Å². The Hall–Kier alpha value is -3.48. The molecule has 0 fully saturated rings. The maximum Gasteiger partial charge on any atom is 0.586 e. The average Bonchev–Trinajstić information content (AvgIpc) is 3.30. The van der Waals surface area contributed by atoms with E-state index in [-0.39, 0.29) is 46.8 Å². The van der Waals surface area contributed by atoms with Gasteiger partial charge in [0.15, 0.2) is 17.2 Å². The van der Waals surface area contributed by atoms with Crippen LogP contribution in [-0.4, -0.2) is 26.2 Å². The van der Waals surface area contributed by atoms with Crippen molar-refractivity contribution in [3.63, 3.8) is 0 Å². The van der Waals surface area contributed by atoms with Gasteiger partial charge in [0.2, 0.25) is 0 Å². The fourth-order valence-corrected chi connectivity index (χ4v) is 4.24. The summed E-state index contributed by atoms with van der Waals surface area (Å²) in [6.07, 6.45) is -7.54. The number of benzene rings is 1. The third kappa shape index (κ3) is 4.24. The summed E-state index contributed by atoms with van der Waals surface area (Å²) >= 11 is 0. The maximum atomic E-state index is 14.5.